The van der Waals surface area contributed by atoms with Gasteiger partial charge in [0.1, 0.15) is 5.75 Å². The molecule has 8 heteroatoms. The van der Waals surface area contributed by atoms with Crippen LogP contribution in [0.1, 0.15) is 41.0 Å². The third kappa shape index (κ3) is 6.76. The van der Waals surface area contributed by atoms with Crippen LogP contribution in [-0.4, -0.2) is 36.3 Å². The maximum atomic E-state index is 11.9. The Morgan fingerprint density at radius 3 is 2.17 bits per heavy atom. The number of hydrazine groups is 1. The number of ether oxygens (including phenoxy) is 2. The molecule has 0 aliphatic rings. The Morgan fingerprint density at radius 1 is 0.897 bits per heavy atom. The molecule has 152 valence electrons. The zero-order valence-electron chi connectivity index (χ0n) is 16.1. The van der Waals surface area contributed by atoms with Crippen LogP contribution in [-0.2, 0) is 14.3 Å². The summed E-state index contributed by atoms with van der Waals surface area (Å²) in [5, 5.41) is 0. The molecule has 0 aliphatic carbocycles. The number of rotatable bonds is 8. The fourth-order valence-electron chi connectivity index (χ4n) is 2.25. The van der Waals surface area contributed by atoms with Crippen LogP contribution in [0.25, 0.3) is 0 Å². The van der Waals surface area contributed by atoms with Gasteiger partial charge in [0.05, 0.1) is 0 Å². The quantitative estimate of drug-likeness (QED) is 0.400. The smallest absolute Gasteiger partial charge is 0.344 e. The first-order valence-electron chi connectivity index (χ1n) is 9.01. The van der Waals surface area contributed by atoms with Gasteiger partial charge in [-0.15, -0.1) is 0 Å². The van der Waals surface area contributed by atoms with Crippen LogP contribution in [0.4, 0.5) is 0 Å². The molecular formula is C21H22N2O6. The number of esters is 1. The molecule has 0 aromatic heterocycles. The minimum absolute atomic E-state index is 0.00940. The number of ketones is 1. The van der Waals surface area contributed by atoms with Crippen molar-refractivity contribution in [2.45, 2.75) is 26.4 Å². The van der Waals surface area contributed by atoms with Gasteiger partial charge >= 0.3 is 5.97 Å². The second-order valence-electron chi connectivity index (χ2n) is 6.03. The second kappa shape index (κ2) is 10.6. The van der Waals surface area contributed by atoms with Crippen molar-refractivity contribution in [3.05, 3.63) is 65.7 Å². The summed E-state index contributed by atoms with van der Waals surface area (Å²) in [6.45, 7) is 2.73. The monoisotopic (exact) mass is 398 g/mol. The van der Waals surface area contributed by atoms with Crippen LogP contribution in [0.5, 0.6) is 5.75 Å². The summed E-state index contributed by atoms with van der Waals surface area (Å²) in [5.74, 6) is -1.54. The predicted molar refractivity (Wildman–Crippen MR) is 104 cm³/mol. The van der Waals surface area contributed by atoms with Gasteiger partial charge in [-0.3, -0.25) is 25.2 Å². The molecule has 2 amide bonds. The van der Waals surface area contributed by atoms with Crippen molar-refractivity contribution < 1.29 is 28.7 Å². The molecule has 2 aromatic carbocycles. The molecule has 29 heavy (non-hydrogen) atoms. The molecule has 0 spiro atoms. The first-order valence-corrected chi connectivity index (χ1v) is 9.01. The molecule has 0 fully saturated rings. The molecule has 8 nitrogen and oxygen atoms in total. The van der Waals surface area contributed by atoms with Crippen LogP contribution in [0.2, 0.25) is 0 Å². The lowest BCUT2D eigenvalue weighted by atomic mass is 10.1. The van der Waals surface area contributed by atoms with Crippen molar-refractivity contribution in [1.29, 1.82) is 0 Å². The van der Waals surface area contributed by atoms with Gasteiger partial charge in [-0.2, -0.15) is 0 Å². The third-order valence-electron chi connectivity index (χ3n) is 3.87. The maximum absolute atomic E-state index is 11.9. The predicted octanol–water partition coefficient (Wildman–Crippen LogP) is 2.05. The lowest BCUT2D eigenvalue weighted by molar-refractivity contribution is -0.156. The first-order chi connectivity index (χ1) is 13.9. The number of nitrogens with one attached hydrogen (secondary N) is 2. The summed E-state index contributed by atoms with van der Waals surface area (Å²) in [5.41, 5.74) is 5.37. The van der Waals surface area contributed by atoms with Gasteiger partial charge in [-0.1, -0.05) is 25.1 Å². The van der Waals surface area contributed by atoms with Crippen molar-refractivity contribution in [2.75, 3.05) is 6.61 Å². The summed E-state index contributed by atoms with van der Waals surface area (Å²) in [7, 11) is 0. The topological polar surface area (TPSA) is 111 Å². The van der Waals surface area contributed by atoms with E-state index in [4.69, 9.17) is 9.47 Å². The molecule has 2 aromatic rings. The number of amides is 2. The van der Waals surface area contributed by atoms with Crippen molar-refractivity contribution in [3.8, 4) is 5.75 Å². The van der Waals surface area contributed by atoms with Crippen molar-refractivity contribution in [2.24, 2.45) is 0 Å². The fourth-order valence-corrected chi connectivity index (χ4v) is 2.25. The maximum Gasteiger partial charge on any atom is 0.344 e. The van der Waals surface area contributed by atoms with Gasteiger partial charge in [-0.25, -0.2) is 4.79 Å². The Bertz CT molecular complexity index is 864. The largest absolute Gasteiger partial charge is 0.482 e. The van der Waals surface area contributed by atoms with Crippen LogP contribution >= 0.6 is 0 Å². The number of carbonyl (C=O) groups excluding carboxylic acids is 4. The molecule has 1 atom stereocenters. The Morgan fingerprint density at radius 2 is 1.55 bits per heavy atom. The number of benzene rings is 2. The molecule has 2 N–H and O–H groups in total. The lowest BCUT2D eigenvalue weighted by Crippen LogP contribution is -2.47. The van der Waals surface area contributed by atoms with Crippen LogP contribution < -0.4 is 15.6 Å². The average Bonchev–Trinajstić information content (AvgIpc) is 2.76. The molecule has 0 unspecified atom stereocenters. The number of hydrogen-bond donors (Lipinski definition) is 2. The van der Waals surface area contributed by atoms with E-state index in [9.17, 15) is 19.2 Å². The summed E-state index contributed by atoms with van der Waals surface area (Å²) in [6, 6.07) is 14.7. The van der Waals surface area contributed by atoms with Gasteiger partial charge in [-0.05, 0) is 43.3 Å². The van der Waals surface area contributed by atoms with E-state index >= 15 is 0 Å². The highest BCUT2D eigenvalue weighted by Crippen LogP contribution is 2.13. The molecule has 0 saturated heterocycles. The first kappa shape index (κ1) is 21.6. The van der Waals surface area contributed by atoms with E-state index in [0.29, 0.717) is 23.3 Å². The Balaban J connectivity index is 1.74. The minimum atomic E-state index is -1.13. The Kier molecular flexibility index (Phi) is 7.90. The van der Waals surface area contributed by atoms with Crippen molar-refractivity contribution >= 4 is 23.6 Å². The second-order valence-corrected chi connectivity index (χ2v) is 6.03. The van der Waals surface area contributed by atoms with Crippen LogP contribution in [0.15, 0.2) is 54.6 Å². The highest BCUT2D eigenvalue weighted by Gasteiger charge is 2.19. The van der Waals surface area contributed by atoms with Crippen LogP contribution in [0, 0.1) is 0 Å². The molecule has 0 aliphatic heterocycles. The number of hydrogen-bond acceptors (Lipinski definition) is 6. The zero-order chi connectivity index (χ0) is 21.2. The molecule has 0 heterocycles. The van der Waals surface area contributed by atoms with Crippen molar-refractivity contribution in [1.82, 2.24) is 10.9 Å². The molecular weight excluding hydrogens is 376 g/mol. The normalized spacial score (nSPS) is 11.1. The van der Waals surface area contributed by atoms with Gasteiger partial charge in [0.25, 0.3) is 11.8 Å². The van der Waals surface area contributed by atoms with Gasteiger partial charge in [0.15, 0.2) is 18.5 Å². The summed E-state index contributed by atoms with van der Waals surface area (Å²) in [4.78, 5) is 47.2. The number of Topliss-reactive ketones (excluding diaryl/α,β-unsaturated/α-hetero) is 1. The number of carbonyl (C=O) groups is 4. The summed E-state index contributed by atoms with van der Waals surface area (Å²) >= 11 is 0. The van der Waals surface area contributed by atoms with Crippen LogP contribution in [0.3, 0.4) is 0 Å². The zero-order valence-corrected chi connectivity index (χ0v) is 16.1. The van der Waals surface area contributed by atoms with E-state index in [2.05, 4.69) is 10.9 Å². The Hall–Kier alpha value is -3.68. The lowest BCUT2D eigenvalue weighted by Gasteiger charge is -2.14. The Labute approximate surface area is 168 Å². The third-order valence-corrected chi connectivity index (χ3v) is 3.87. The van der Waals surface area contributed by atoms with E-state index in [0.717, 1.165) is 0 Å². The highest BCUT2D eigenvalue weighted by atomic mass is 16.6. The van der Waals surface area contributed by atoms with E-state index in [-0.39, 0.29) is 5.78 Å². The molecule has 2 rings (SSSR count). The highest BCUT2D eigenvalue weighted by molar-refractivity contribution is 5.96. The average molecular weight is 398 g/mol. The standard InChI is InChI=1S/C21H22N2O6/c1-3-18(24)15-9-11-17(12-10-15)28-13-19(25)29-14(2)20(26)22-23-21(27)16-7-5-4-6-8-16/h4-12,14H,3,13H2,1-2H3,(H,22,26)(H,23,27)/t14-/m0/s1. The van der Waals surface area contributed by atoms with Gasteiger partial charge in [0, 0.05) is 17.5 Å². The molecule has 0 saturated carbocycles. The summed E-state index contributed by atoms with van der Waals surface area (Å²) < 4.78 is 10.3. The van der Waals surface area contributed by atoms with E-state index in [1.54, 1.807) is 61.5 Å². The molecule has 0 radical (unpaired) electrons. The van der Waals surface area contributed by atoms with E-state index in [1.807, 2.05) is 0 Å². The minimum Gasteiger partial charge on any atom is -0.482 e. The molecule has 0 bridgehead atoms. The van der Waals surface area contributed by atoms with Gasteiger partial charge in [0.2, 0.25) is 0 Å². The fraction of sp³-hybridized carbons (Fsp3) is 0.238. The van der Waals surface area contributed by atoms with E-state index < -0.39 is 30.5 Å². The van der Waals surface area contributed by atoms with Gasteiger partial charge < -0.3 is 9.47 Å². The van der Waals surface area contributed by atoms with Crippen molar-refractivity contribution in [3.63, 3.8) is 0 Å². The van der Waals surface area contributed by atoms with E-state index in [1.165, 1.54) is 6.92 Å². The SMILES string of the molecule is CCC(=O)c1ccc(OCC(=O)O[C@@H](C)C(=O)NNC(=O)c2ccccc2)cc1. The summed E-state index contributed by atoms with van der Waals surface area (Å²) in [6.07, 6.45) is -0.732.